The van der Waals surface area contributed by atoms with Crippen molar-refractivity contribution in [2.24, 2.45) is 0 Å². The fourth-order valence-electron chi connectivity index (χ4n) is 6.69. The highest BCUT2D eigenvalue weighted by molar-refractivity contribution is 6.15. The molecule has 2 heteroatoms. The van der Waals surface area contributed by atoms with Gasteiger partial charge in [0.05, 0.1) is 16.9 Å². The molecule has 1 aliphatic carbocycles. The highest BCUT2D eigenvalue weighted by atomic mass is 14.7. The van der Waals surface area contributed by atoms with Gasteiger partial charge in [0.2, 0.25) is 0 Å². The Bertz CT molecular complexity index is 2100. The van der Waals surface area contributed by atoms with E-state index in [0.717, 1.165) is 33.4 Å². The number of pyridine rings is 2. The fraction of sp³-hybridized carbons (Fsp3) is 0.0811. The number of benzene rings is 5. The van der Waals surface area contributed by atoms with Crippen LogP contribution in [0.15, 0.2) is 121 Å². The monoisotopic (exact) mass is 498 g/mol. The molecule has 0 bridgehead atoms. The van der Waals surface area contributed by atoms with Gasteiger partial charge in [-0.2, -0.15) is 0 Å². The van der Waals surface area contributed by atoms with Crippen molar-refractivity contribution in [3.8, 4) is 33.6 Å². The Morgan fingerprint density at radius 1 is 0.564 bits per heavy atom. The number of rotatable bonds is 2. The van der Waals surface area contributed by atoms with E-state index >= 15 is 0 Å². The van der Waals surface area contributed by atoms with Gasteiger partial charge in [0.15, 0.2) is 0 Å². The van der Waals surface area contributed by atoms with E-state index in [0.29, 0.717) is 0 Å². The van der Waals surface area contributed by atoms with Crippen molar-refractivity contribution in [2.75, 3.05) is 0 Å². The summed E-state index contributed by atoms with van der Waals surface area (Å²) in [6, 6.07) is 41.3. The SMILES string of the molecule is CC1(C)c2ccccc2-c2ccc3c(c(-c4cccc(-c5nccc6ccccc56)c4)nc4ccccc43)c21. The lowest BCUT2D eigenvalue weighted by Gasteiger charge is -2.25. The van der Waals surface area contributed by atoms with E-state index in [9.17, 15) is 0 Å². The minimum absolute atomic E-state index is 0.140. The van der Waals surface area contributed by atoms with Crippen LogP contribution >= 0.6 is 0 Å². The van der Waals surface area contributed by atoms with Crippen LogP contribution in [0.1, 0.15) is 25.0 Å². The van der Waals surface area contributed by atoms with Crippen LogP contribution in [0.4, 0.5) is 0 Å². The van der Waals surface area contributed by atoms with Crippen LogP contribution in [0.3, 0.4) is 0 Å². The third-order valence-corrected chi connectivity index (χ3v) is 8.47. The van der Waals surface area contributed by atoms with Gasteiger partial charge in [-0.05, 0) is 51.2 Å². The molecular weight excluding hydrogens is 472 g/mol. The molecule has 0 atom stereocenters. The first-order valence-electron chi connectivity index (χ1n) is 13.5. The van der Waals surface area contributed by atoms with E-state index in [4.69, 9.17) is 9.97 Å². The fourth-order valence-corrected chi connectivity index (χ4v) is 6.69. The Morgan fingerprint density at radius 2 is 1.31 bits per heavy atom. The molecule has 0 saturated heterocycles. The molecule has 0 amide bonds. The summed E-state index contributed by atoms with van der Waals surface area (Å²) in [7, 11) is 0. The molecule has 39 heavy (non-hydrogen) atoms. The average molecular weight is 499 g/mol. The summed E-state index contributed by atoms with van der Waals surface area (Å²) in [6.07, 6.45) is 1.90. The molecule has 0 spiro atoms. The molecule has 2 nitrogen and oxygen atoms in total. The normalized spacial score (nSPS) is 13.6. The van der Waals surface area contributed by atoms with E-state index in [-0.39, 0.29) is 5.41 Å². The van der Waals surface area contributed by atoms with E-state index in [1.54, 1.807) is 0 Å². The molecule has 8 rings (SSSR count). The van der Waals surface area contributed by atoms with Gasteiger partial charge in [0.1, 0.15) is 0 Å². The number of hydrogen-bond acceptors (Lipinski definition) is 2. The maximum Gasteiger partial charge on any atom is 0.0791 e. The third kappa shape index (κ3) is 3.15. The molecule has 5 aromatic carbocycles. The molecule has 0 fully saturated rings. The summed E-state index contributed by atoms with van der Waals surface area (Å²) in [5, 5.41) is 6.04. The largest absolute Gasteiger partial charge is 0.256 e. The quantitative estimate of drug-likeness (QED) is 0.222. The van der Waals surface area contributed by atoms with Gasteiger partial charge < -0.3 is 0 Å². The summed E-state index contributed by atoms with van der Waals surface area (Å²) in [5.41, 5.74) is 10.5. The number of para-hydroxylation sites is 1. The Kier molecular flexibility index (Phi) is 4.60. The van der Waals surface area contributed by atoms with Crippen LogP contribution in [0.25, 0.3) is 66.1 Å². The molecule has 2 heterocycles. The molecular formula is C37H26N2. The summed E-state index contributed by atoms with van der Waals surface area (Å²) in [4.78, 5) is 10.2. The van der Waals surface area contributed by atoms with Gasteiger partial charge in [-0.3, -0.25) is 4.98 Å². The van der Waals surface area contributed by atoms with Gasteiger partial charge in [0, 0.05) is 38.9 Å². The molecule has 184 valence electrons. The minimum Gasteiger partial charge on any atom is -0.256 e. The zero-order valence-electron chi connectivity index (χ0n) is 21.9. The average Bonchev–Trinajstić information content (AvgIpc) is 3.23. The lowest BCUT2D eigenvalue weighted by molar-refractivity contribution is 0.666. The maximum absolute atomic E-state index is 5.36. The molecule has 0 radical (unpaired) electrons. The highest BCUT2D eigenvalue weighted by Crippen LogP contribution is 2.53. The van der Waals surface area contributed by atoms with E-state index in [1.807, 2.05) is 6.20 Å². The lowest BCUT2D eigenvalue weighted by atomic mass is 9.79. The van der Waals surface area contributed by atoms with Crippen molar-refractivity contribution in [1.29, 1.82) is 0 Å². The second-order valence-electron chi connectivity index (χ2n) is 11.0. The zero-order chi connectivity index (χ0) is 26.1. The molecule has 0 saturated carbocycles. The Morgan fingerprint density at radius 3 is 2.21 bits per heavy atom. The highest BCUT2D eigenvalue weighted by Gasteiger charge is 2.37. The lowest BCUT2D eigenvalue weighted by Crippen LogP contribution is -2.16. The number of fused-ring (bicyclic) bond motifs is 8. The molecule has 0 N–H and O–H groups in total. The molecule has 0 aliphatic heterocycles. The smallest absolute Gasteiger partial charge is 0.0791 e. The van der Waals surface area contributed by atoms with Crippen LogP contribution < -0.4 is 0 Å². The number of nitrogens with zero attached hydrogens (tertiary/aromatic N) is 2. The predicted molar refractivity (Wildman–Crippen MR) is 163 cm³/mol. The van der Waals surface area contributed by atoms with Crippen LogP contribution in [-0.2, 0) is 5.41 Å². The van der Waals surface area contributed by atoms with Gasteiger partial charge >= 0.3 is 0 Å². The van der Waals surface area contributed by atoms with Crippen molar-refractivity contribution < 1.29 is 0 Å². The Labute approximate surface area is 227 Å². The van der Waals surface area contributed by atoms with Crippen molar-refractivity contribution in [3.05, 3.63) is 133 Å². The predicted octanol–water partition coefficient (Wildman–Crippen LogP) is 9.58. The maximum atomic E-state index is 5.36. The van der Waals surface area contributed by atoms with Gasteiger partial charge in [-0.1, -0.05) is 111 Å². The van der Waals surface area contributed by atoms with Crippen LogP contribution in [0, 0.1) is 0 Å². The second-order valence-corrected chi connectivity index (χ2v) is 11.0. The summed E-state index contributed by atoms with van der Waals surface area (Å²) in [6.45, 7) is 4.71. The standard InChI is InChI=1S/C37H26N2/c1-37(2)31-16-7-5-14-27(31)30-19-18-29-28-15-6-8-17-32(28)39-36(33(29)34(30)37)25-12-9-11-24(22-25)35-26-13-4-3-10-23(26)20-21-38-35/h3-22H,1-2H3. The van der Waals surface area contributed by atoms with Crippen LogP contribution in [-0.4, -0.2) is 9.97 Å². The third-order valence-electron chi connectivity index (χ3n) is 8.47. The van der Waals surface area contributed by atoms with Gasteiger partial charge in [-0.15, -0.1) is 0 Å². The van der Waals surface area contributed by atoms with E-state index in [1.165, 1.54) is 43.8 Å². The topological polar surface area (TPSA) is 25.8 Å². The van der Waals surface area contributed by atoms with E-state index < -0.39 is 0 Å². The zero-order valence-corrected chi connectivity index (χ0v) is 21.9. The molecule has 7 aromatic rings. The van der Waals surface area contributed by atoms with E-state index in [2.05, 4.69) is 129 Å². The summed E-state index contributed by atoms with van der Waals surface area (Å²) in [5.74, 6) is 0. The van der Waals surface area contributed by atoms with Gasteiger partial charge in [0.25, 0.3) is 0 Å². The first kappa shape index (κ1) is 22.2. The first-order chi connectivity index (χ1) is 19.1. The van der Waals surface area contributed by atoms with Crippen molar-refractivity contribution in [2.45, 2.75) is 19.3 Å². The molecule has 0 unspecified atom stereocenters. The first-order valence-corrected chi connectivity index (χ1v) is 13.5. The molecule has 1 aliphatic rings. The molecule has 2 aromatic heterocycles. The number of aromatic nitrogens is 2. The van der Waals surface area contributed by atoms with Crippen LogP contribution in [0.2, 0.25) is 0 Å². The minimum atomic E-state index is -0.140. The van der Waals surface area contributed by atoms with Gasteiger partial charge in [-0.25, -0.2) is 4.98 Å². The van der Waals surface area contributed by atoms with Crippen molar-refractivity contribution in [1.82, 2.24) is 9.97 Å². The van der Waals surface area contributed by atoms with Crippen molar-refractivity contribution in [3.63, 3.8) is 0 Å². The Balaban J connectivity index is 1.47. The summed E-state index contributed by atoms with van der Waals surface area (Å²) >= 11 is 0. The van der Waals surface area contributed by atoms with Crippen molar-refractivity contribution >= 4 is 32.4 Å². The number of hydrogen-bond donors (Lipinski definition) is 0. The van der Waals surface area contributed by atoms with Crippen LogP contribution in [0.5, 0.6) is 0 Å². The second kappa shape index (κ2) is 8.09. The summed E-state index contributed by atoms with van der Waals surface area (Å²) < 4.78 is 0. The Hall–Kier alpha value is -4.82.